The Morgan fingerprint density at radius 1 is 1.35 bits per heavy atom. The van der Waals surface area contributed by atoms with Crippen molar-refractivity contribution in [2.24, 2.45) is 11.8 Å². The summed E-state index contributed by atoms with van der Waals surface area (Å²) < 4.78 is 7.13. The number of amides is 1. The van der Waals surface area contributed by atoms with E-state index in [-0.39, 0.29) is 11.8 Å². The summed E-state index contributed by atoms with van der Waals surface area (Å²) in [5, 5.41) is 7.50. The number of nitrogens with zero attached hydrogens (tertiary/aromatic N) is 3. The van der Waals surface area contributed by atoms with Crippen molar-refractivity contribution in [3.8, 4) is 0 Å². The minimum Gasteiger partial charge on any atom is -0.472 e. The van der Waals surface area contributed by atoms with Gasteiger partial charge in [0.05, 0.1) is 30.7 Å². The van der Waals surface area contributed by atoms with Crippen LogP contribution in [0.4, 0.5) is 0 Å². The molecule has 6 nitrogen and oxygen atoms in total. The molecule has 1 saturated carbocycles. The molecule has 3 heterocycles. The monoisotopic (exact) mass is 314 g/mol. The Labute approximate surface area is 135 Å². The predicted octanol–water partition coefficient (Wildman–Crippen LogP) is 1.63. The van der Waals surface area contributed by atoms with Crippen LogP contribution in [0.1, 0.15) is 24.1 Å². The summed E-state index contributed by atoms with van der Waals surface area (Å²) >= 11 is 0. The number of carbonyl (C=O) groups excluding carboxylic acids is 1. The second-order valence-corrected chi connectivity index (χ2v) is 6.69. The smallest absolute Gasteiger partial charge is 0.226 e. The van der Waals surface area contributed by atoms with Crippen LogP contribution in [0.2, 0.25) is 0 Å². The van der Waals surface area contributed by atoms with Gasteiger partial charge in [0.25, 0.3) is 0 Å². The van der Waals surface area contributed by atoms with Crippen molar-refractivity contribution >= 4 is 5.91 Å². The first kappa shape index (κ1) is 14.5. The number of fused-ring (bicyclic) bond motifs is 1. The first-order valence-corrected chi connectivity index (χ1v) is 8.30. The van der Waals surface area contributed by atoms with Gasteiger partial charge in [0, 0.05) is 37.9 Å². The highest BCUT2D eigenvalue weighted by molar-refractivity contribution is 5.78. The number of rotatable bonds is 5. The quantitative estimate of drug-likeness (QED) is 0.911. The highest BCUT2D eigenvalue weighted by atomic mass is 16.3. The molecule has 1 amide bonds. The van der Waals surface area contributed by atoms with E-state index in [4.69, 9.17) is 4.42 Å². The van der Waals surface area contributed by atoms with E-state index >= 15 is 0 Å². The van der Waals surface area contributed by atoms with Crippen LogP contribution in [-0.4, -0.2) is 33.7 Å². The van der Waals surface area contributed by atoms with Gasteiger partial charge in [-0.05, 0) is 30.9 Å². The highest BCUT2D eigenvalue weighted by Crippen LogP contribution is 2.27. The van der Waals surface area contributed by atoms with Crippen molar-refractivity contribution < 1.29 is 9.21 Å². The Bertz CT molecular complexity index is 660. The summed E-state index contributed by atoms with van der Waals surface area (Å²) in [7, 11) is 0. The van der Waals surface area contributed by atoms with Crippen molar-refractivity contribution in [2.75, 3.05) is 13.1 Å². The van der Waals surface area contributed by atoms with Crippen molar-refractivity contribution in [3.63, 3.8) is 0 Å². The molecule has 4 rings (SSSR count). The number of carbonyl (C=O) groups is 1. The molecule has 0 spiro atoms. The van der Waals surface area contributed by atoms with E-state index in [0.29, 0.717) is 12.5 Å². The third-order valence-corrected chi connectivity index (χ3v) is 4.68. The zero-order valence-electron chi connectivity index (χ0n) is 13.1. The molecule has 6 heteroatoms. The number of hydrogen-bond donors (Lipinski definition) is 1. The number of aromatic nitrogens is 2. The molecule has 1 aliphatic carbocycles. The van der Waals surface area contributed by atoms with Gasteiger partial charge in [0.1, 0.15) is 0 Å². The lowest BCUT2D eigenvalue weighted by Crippen LogP contribution is -2.39. The molecule has 1 N–H and O–H groups in total. The highest BCUT2D eigenvalue weighted by Gasteiger charge is 2.29. The van der Waals surface area contributed by atoms with Crippen LogP contribution in [0.15, 0.2) is 35.3 Å². The average molecular weight is 314 g/mol. The second kappa shape index (κ2) is 6.20. The molecule has 122 valence electrons. The summed E-state index contributed by atoms with van der Waals surface area (Å²) in [6.45, 7) is 3.81. The predicted molar refractivity (Wildman–Crippen MR) is 84.3 cm³/mol. The Morgan fingerprint density at radius 3 is 3.04 bits per heavy atom. The minimum atomic E-state index is -0.0678. The standard InChI is InChI=1S/C17H22N4O2/c22-17(18-7-13-1-2-13)15-9-20(8-14-4-6-23-12-14)11-16-3-5-19-21(16)10-15/h3-6,12-13,15H,1-2,7-11H2,(H,18,22). The Balaban J connectivity index is 1.47. The first-order valence-electron chi connectivity index (χ1n) is 8.30. The maximum absolute atomic E-state index is 12.6. The lowest BCUT2D eigenvalue weighted by atomic mass is 10.1. The van der Waals surface area contributed by atoms with E-state index in [1.165, 1.54) is 12.8 Å². The van der Waals surface area contributed by atoms with E-state index < -0.39 is 0 Å². The molecule has 0 radical (unpaired) electrons. The molecule has 23 heavy (non-hydrogen) atoms. The van der Waals surface area contributed by atoms with Gasteiger partial charge >= 0.3 is 0 Å². The van der Waals surface area contributed by atoms with E-state index in [9.17, 15) is 4.79 Å². The first-order chi connectivity index (χ1) is 11.3. The molecule has 0 saturated heterocycles. The van der Waals surface area contributed by atoms with Gasteiger partial charge in [-0.2, -0.15) is 5.10 Å². The molecular formula is C17H22N4O2. The van der Waals surface area contributed by atoms with Crippen molar-refractivity contribution in [2.45, 2.75) is 32.5 Å². The largest absolute Gasteiger partial charge is 0.472 e. The van der Waals surface area contributed by atoms with Crippen LogP contribution in [0.3, 0.4) is 0 Å². The van der Waals surface area contributed by atoms with Crippen molar-refractivity contribution in [3.05, 3.63) is 42.1 Å². The molecular weight excluding hydrogens is 292 g/mol. The second-order valence-electron chi connectivity index (χ2n) is 6.69. The lowest BCUT2D eigenvalue weighted by Gasteiger charge is -2.22. The molecule has 0 aromatic carbocycles. The molecule has 2 aromatic heterocycles. The van der Waals surface area contributed by atoms with Crippen LogP contribution < -0.4 is 5.32 Å². The normalized spacial score (nSPS) is 21.7. The zero-order valence-corrected chi connectivity index (χ0v) is 13.1. The number of nitrogens with one attached hydrogen (secondary N) is 1. The molecule has 1 fully saturated rings. The Kier molecular flexibility index (Phi) is 3.91. The summed E-state index contributed by atoms with van der Waals surface area (Å²) in [5.41, 5.74) is 2.29. The summed E-state index contributed by atoms with van der Waals surface area (Å²) in [5.74, 6) is 0.784. The fraction of sp³-hybridized carbons (Fsp3) is 0.529. The van der Waals surface area contributed by atoms with E-state index in [1.807, 2.05) is 23.0 Å². The molecule has 0 bridgehead atoms. The Hall–Kier alpha value is -2.08. The van der Waals surface area contributed by atoms with Gasteiger partial charge < -0.3 is 9.73 Å². The summed E-state index contributed by atoms with van der Waals surface area (Å²) in [6, 6.07) is 4.01. The number of hydrogen-bond acceptors (Lipinski definition) is 4. The van der Waals surface area contributed by atoms with Crippen LogP contribution in [0, 0.1) is 11.8 Å². The molecule has 1 unspecified atom stereocenters. The Morgan fingerprint density at radius 2 is 2.26 bits per heavy atom. The molecule has 1 atom stereocenters. The van der Waals surface area contributed by atoms with E-state index in [0.717, 1.165) is 37.4 Å². The summed E-state index contributed by atoms with van der Waals surface area (Å²) in [6.07, 6.45) is 7.78. The van der Waals surface area contributed by atoms with Gasteiger partial charge in [0.15, 0.2) is 0 Å². The fourth-order valence-electron chi connectivity index (χ4n) is 3.17. The van der Waals surface area contributed by atoms with Crippen molar-refractivity contribution in [1.82, 2.24) is 20.0 Å². The lowest BCUT2D eigenvalue weighted by molar-refractivity contribution is -0.126. The third kappa shape index (κ3) is 3.47. The van der Waals surface area contributed by atoms with Crippen molar-refractivity contribution in [1.29, 1.82) is 0 Å². The zero-order chi connectivity index (χ0) is 15.6. The topological polar surface area (TPSA) is 63.3 Å². The molecule has 1 aliphatic heterocycles. The third-order valence-electron chi connectivity index (χ3n) is 4.68. The van der Waals surface area contributed by atoms with E-state index in [2.05, 4.69) is 15.3 Å². The summed E-state index contributed by atoms with van der Waals surface area (Å²) in [4.78, 5) is 14.9. The van der Waals surface area contributed by atoms with Crippen LogP contribution in [0.5, 0.6) is 0 Å². The van der Waals surface area contributed by atoms with Gasteiger partial charge in [-0.15, -0.1) is 0 Å². The number of furan rings is 1. The maximum Gasteiger partial charge on any atom is 0.226 e. The van der Waals surface area contributed by atoms with Crippen LogP contribution in [-0.2, 0) is 24.4 Å². The van der Waals surface area contributed by atoms with Crippen LogP contribution >= 0.6 is 0 Å². The van der Waals surface area contributed by atoms with E-state index in [1.54, 1.807) is 12.5 Å². The van der Waals surface area contributed by atoms with Crippen LogP contribution in [0.25, 0.3) is 0 Å². The SMILES string of the molecule is O=C(NCC1CC1)C1CN(Cc2ccoc2)Cc2ccnn2C1. The van der Waals surface area contributed by atoms with Gasteiger partial charge in [-0.25, -0.2) is 0 Å². The van der Waals surface area contributed by atoms with Gasteiger partial charge in [0.2, 0.25) is 5.91 Å². The minimum absolute atomic E-state index is 0.0678. The fourth-order valence-corrected chi connectivity index (χ4v) is 3.17. The van der Waals surface area contributed by atoms with Gasteiger partial charge in [-0.1, -0.05) is 0 Å². The maximum atomic E-state index is 12.6. The molecule has 2 aliphatic rings. The average Bonchev–Trinajstić information content (AvgIpc) is 3.12. The molecule has 2 aromatic rings. The van der Waals surface area contributed by atoms with Gasteiger partial charge in [-0.3, -0.25) is 14.4 Å².